The van der Waals surface area contributed by atoms with Gasteiger partial charge in [0, 0.05) is 20.3 Å². The van der Waals surface area contributed by atoms with Crippen LogP contribution in [-0.2, 0) is 6.54 Å². The lowest BCUT2D eigenvalue weighted by Gasteiger charge is -2.07. The van der Waals surface area contributed by atoms with Crippen LogP contribution < -0.4 is 5.32 Å². The molecular weight excluding hydrogens is 334 g/mol. The number of carbonyl (C=O) groups is 1. The Balaban J connectivity index is 1.82. The van der Waals surface area contributed by atoms with E-state index in [0.717, 1.165) is 25.7 Å². The molecule has 4 heteroatoms. The summed E-state index contributed by atoms with van der Waals surface area (Å²) in [6, 6.07) is 15.7. The van der Waals surface area contributed by atoms with Crippen molar-refractivity contribution in [3.8, 4) is 0 Å². The Kier molecular flexibility index (Phi) is 3.85. The first-order valence-electron chi connectivity index (χ1n) is 6.23. The Bertz CT molecular complexity index is 761. The van der Waals surface area contributed by atoms with Gasteiger partial charge in [0.1, 0.15) is 0 Å². The van der Waals surface area contributed by atoms with Crippen LogP contribution in [-0.4, -0.2) is 5.91 Å². The second kappa shape index (κ2) is 5.77. The van der Waals surface area contributed by atoms with Gasteiger partial charge in [-0.2, -0.15) is 0 Å². The van der Waals surface area contributed by atoms with Crippen LogP contribution in [0, 0.1) is 0 Å². The van der Waals surface area contributed by atoms with Gasteiger partial charge in [-0.05, 0) is 38.8 Å². The quantitative estimate of drug-likeness (QED) is 0.738. The molecule has 100 valence electrons. The van der Waals surface area contributed by atoms with E-state index in [9.17, 15) is 4.79 Å². The average molecular weight is 346 g/mol. The van der Waals surface area contributed by atoms with Gasteiger partial charge in [-0.25, -0.2) is 0 Å². The lowest BCUT2D eigenvalue weighted by Crippen LogP contribution is -2.22. The van der Waals surface area contributed by atoms with Gasteiger partial charge in [-0.3, -0.25) is 4.79 Å². The Labute approximate surface area is 129 Å². The molecule has 2 nitrogen and oxygen atoms in total. The highest BCUT2D eigenvalue weighted by Gasteiger charge is 2.09. The van der Waals surface area contributed by atoms with Gasteiger partial charge in [0.25, 0.3) is 5.91 Å². The smallest absolute Gasteiger partial charge is 0.252 e. The molecule has 0 fully saturated rings. The standard InChI is InChI=1S/C16H12BrNOS/c17-12-8-13(20-10-12)9-18-16(19)15-7-3-5-11-4-1-2-6-14(11)15/h1-8,10H,9H2,(H,18,19). The van der Waals surface area contributed by atoms with Gasteiger partial charge < -0.3 is 5.32 Å². The predicted molar refractivity (Wildman–Crippen MR) is 87.1 cm³/mol. The zero-order valence-electron chi connectivity index (χ0n) is 10.6. The molecule has 0 saturated heterocycles. The molecule has 3 rings (SSSR count). The van der Waals surface area contributed by atoms with Gasteiger partial charge in [-0.1, -0.05) is 36.4 Å². The summed E-state index contributed by atoms with van der Waals surface area (Å²) >= 11 is 5.04. The molecule has 0 aliphatic carbocycles. The van der Waals surface area contributed by atoms with Crippen molar-refractivity contribution in [3.05, 3.63) is 68.8 Å². The third-order valence-corrected chi connectivity index (χ3v) is 4.78. The first kappa shape index (κ1) is 13.3. The van der Waals surface area contributed by atoms with Crippen LogP contribution in [0.5, 0.6) is 0 Å². The van der Waals surface area contributed by atoms with Crippen LogP contribution in [0.15, 0.2) is 58.4 Å². The number of halogens is 1. The van der Waals surface area contributed by atoms with Crippen molar-refractivity contribution in [3.63, 3.8) is 0 Å². The molecule has 0 aliphatic rings. The van der Waals surface area contributed by atoms with Crippen LogP contribution >= 0.6 is 27.3 Å². The van der Waals surface area contributed by atoms with E-state index in [1.165, 1.54) is 0 Å². The third kappa shape index (κ3) is 2.76. The van der Waals surface area contributed by atoms with Crippen LogP contribution in [0.25, 0.3) is 10.8 Å². The summed E-state index contributed by atoms with van der Waals surface area (Å²) in [4.78, 5) is 13.5. The minimum absolute atomic E-state index is 0.0358. The number of thiophene rings is 1. The van der Waals surface area contributed by atoms with Crippen LogP contribution in [0.3, 0.4) is 0 Å². The summed E-state index contributed by atoms with van der Waals surface area (Å²) < 4.78 is 1.05. The van der Waals surface area contributed by atoms with E-state index in [1.54, 1.807) is 11.3 Å². The number of nitrogens with one attached hydrogen (secondary N) is 1. The molecule has 0 aliphatic heterocycles. The van der Waals surface area contributed by atoms with Crippen LogP contribution in [0.1, 0.15) is 15.2 Å². The van der Waals surface area contributed by atoms with Crippen molar-refractivity contribution >= 4 is 43.9 Å². The molecule has 0 radical (unpaired) electrons. The summed E-state index contributed by atoms with van der Waals surface area (Å²) in [5, 5.41) is 7.05. The molecule has 0 bridgehead atoms. The minimum atomic E-state index is -0.0358. The molecule has 20 heavy (non-hydrogen) atoms. The molecule has 3 aromatic rings. The van der Waals surface area contributed by atoms with Crippen LogP contribution in [0.4, 0.5) is 0 Å². The van der Waals surface area contributed by atoms with E-state index in [4.69, 9.17) is 0 Å². The van der Waals surface area contributed by atoms with Crippen molar-refractivity contribution < 1.29 is 4.79 Å². The fourth-order valence-electron chi connectivity index (χ4n) is 2.13. The minimum Gasteiger partial charge on any atom is -0.347 e. The van der Waals surface area contributed by atoms with E-state index in [-0.39, 0.29) is 5.91 Å². The number of fused-ring (bicyclic) bond motifs is 1. The highest BCUT2D eigenvalue weighted by Crippen LogP contribution is 2.21. The van der Waals surface area contributed by atoms with E-state index >= 15 is 0 Å². The van der Waals surface area contributed by atoms with E-state index < -0.39 is 0 Å². The number of benzene rings is 2. The Morgan fingerprint density at radius 2 is 1.95 bits per heavy atom. The van der Waals surface area contributed by atoms with E-state index in [2.05, 4.69) is 21.2 Å². The molecule has 0 spiro atoms. The fourth-order valence-corrected chi connectivity index (χ4v) is 3.52. The number of carbonyl (C=O) groups excluding carboxylic acids is 1. The first-order valence-corrected chi connectivity index (χ1v) is 7.90. The Morgan fingerprint density at radius 3 is 2.75 bits per heavy atom. The summed E-state index contributed by atoms with van der Waals surface area (Å²) in [5.74, 6) is -0.0358. The third-order valence-electron chi connectivity index (χ3n) is 3.08. The normalized spacial score (nSPS) is 10.7. The highest BCUT2D eigenvalue weighted by molar-refractivity contribution is 9.10. The van der Waals surface area contributed by atoms with Gasteiger partial charge in [0.05, 0.1) is 6.54 Å². The maximum atomic E-state index is 12.3. The Morgan fingerprint density at radius 1 is 1.15 bits per heavy atom. The monoisotopic (exact) mass is 345 g/mol. The molecule has 0 unspecified atom stereocenters. The molecule has 2 aromatic carbocycles. The van der Waals surface area contributed by atoms with Crippen molar-refractivity contribution in [2.24, 2.45) is 0 Å². The number of amides is 1. The van der Waals surface area contributed by atoms with Gasteiger partial charge >= 0.3 is 0 Å². The molecule has 1 heterocycles. The maximum absolute atomic E-state index is 12.3. The SMILES string of the molecule is O=C(NCc1cc(Br)cs1)c1cccc2ccccc12. The van der Waals surface area contributed by atoms with E-state index in [0.29, 0.717) is 6.54 Å². The van der Waals surface area contributed by atoms with Gasteiger partial charge in [-0.15, -0.1) is 11.3 Å². The predicted octanol–water partition coefficient (Wildman–Crippen LogP) is 4.59. The van der Waals surface area contributed by atoms with E-state index in [1.807, 2.05) is 53.9 Å². The average Bonchev–Trinajstić information content (AvgIpc) is 2.90. The van der Waals surface area contributed by atoms with Crippen molar-refractivity contribution in [1.29, 1.82) is 0 Å². The number of hydrogen-bond acceptors (Lipinski definition) is 2. The molecule has 1 N–H and O–H groups in total. The Hall–Kier alpha value is -1.65. The largest absolute Gasteiger partial charge is 0.347 e. The molecular formula is C16H12BrNOS. The van der Waals surface area contributed by atoms with Crippen molar-refractivity contribution in [2.45, 2.75) is 6.54 Å². The summed E-state index contributed by atoms with van der Waals surface area (Å²) in [5.41, 5.74) is 0.721. The van der Waals surface area contributed by atoms with Gasteiger partial charge in [0.15, 0.2) is 0 Å². The fraction of sp³-hybridized carbons (Fsp3) is 0.0625. The van der Waals surface area contributed by atoms with Crippen LogP contribution in [0.2, 0.25) is 0 Å². The second-order valence-electron chi connectivity index (χ2n) is 4.44. The zero-order valence-corrected chi connectivity index (χ0v) is 13.0. The zero-order chi connectivity index (χ0) is 13.9. The second-order valence-corrected chi connectivity index (χ2v) is 6.35. The number of rotatable bonds is 3. The molecule has 0 atom stereocenters. The topological polar surface area (TPSA) is 29.1 Å². The van der Waals surface area contributed by atoms with Crippen molar-refractivity contribution in [2.75, 3.05) is 0 Å². The van der Waals surface area contributed by atoms with Gasteiger partial charge in [0.2, 0.25) is 0 Å². The summed E-state index contributed by atoms with van der Waals surface area (Å²) in [6.07, 6.45) is 0. The molecule has 0 saturated carbocycles. The lowest BCUT2D eigenvalue weighted by atomic mass is 10.0. The van der Waals surface area contributed by atoms with Crippen molar-refractivity contribution in [1.82, 2.24) is 5.32 Å². The maximum Gasteiger partial charge on any atom is 0.252 e. The summed E-state index contributed by atoms with van der Waals surface area (Å²) in [6.45, 7) is 0.554. The number of hydrogen-bond donors (Lipinski definition) is 1. The first-order chi connectivity index (χ1) is 9.74. The highest BCUT2D eigenvalue weighted by atomic mass is 79.9. The molecule has 1 aromatic heterocycles. The summed E-state index contributed by atoms with van der Waals surface area (Å²) in [7, 11) is 0. The lowest BCUT2D eigenvalue weighted by molar-refractivity contribution is 0.0953. The molecule has 1 amide bonds.